The van der Waals surface area contributed by atoms with Gasteiger partial charge in [0.2, 0.25) is 0 Å². The molecule has 1 aromatic carbocycles. The number of rotatable bonds is 3. The summed E-state index contributed by atoms with van der Waals surface area (Å²) < 4.78 is 0. The highest BCUT2D eigenvalue weighted by molar-refractivity contribution is 7.03. The zero-order valence-electron chi connectivity index (χ0n) is 8.82. The van der Waals surface area contributed by atoms with Crippen LogP contribution in [0.3, 0.4) is 0 Å². The van der Waals surface area contributed by atoms with Crippen LogP contribution in [0.1, 0.15) is 11.7 Å². The molecule has 0 saturated carbocycles. The maximum atomic E-state index is 11.8. The Morgan fingerprint density at radius 3 is 2.14 bits per heavy atom. The van der Waals surface area contributed by atoms with Crippen LogP contribution in [0.5, 0.6) is 0 Å². The summed E-state index contributed by atoms with van der Waals surface area (Å²) in [6, 6.07) is 9.09. The molecule has 0 aromatic heterocycles. The average molecular weight is 208 g/mol. The Hall–Kier alpha value is -0.933. The molecule has 0 fully saturated rings. The number of hydrogen-bond acceptors (Lipinski definition) is 2. The number of hydrogen-bond donors (Lipinski definition) is 1. The van der Waals surface area contributed by atoms with Crippen LogP contribution in [0.4, 0.5) is 0 Å². The van der Waals surface area contributed by atoms with Gasteiger partial charge in [0, 0.05) is 0 Å². The highest BCUT2D eigenvalue weighted by Crippen LogP contribution is 2.18. The lowest BCUT2D eigenvalue weighted by Gasteiger charge is -2.19. The van der Waals surface area contributed by atoms with Gasteiger partial charge >= 0.3 is 0 Å². The van der Waals surface area contributed by atoms with E-state index in [-0.39, 0.29) is 5.41 Å². The number of aliphatic hydroxyl groups is 1. The van der Waals surface area contributed by atoms with E-state index in [1.807, 2.05) is 37.8 Å². The van der Waals surface area contributed by atoms with E-state index in [9.17, 15) is 9.90 Å². The molecule has 14 heavy (non-hydrogen) atoms. The van der Waals surface area contributed by atoms with Crippen LogP contribution in [0, 0.1) is 0 Å². The van der Waals surface area contributed by atoms with Crippen LogP contribution in [0.15, 0.2) is 30.3 Å². The first kappa shape index (κ1) is 11.1. The largest absolute Gasteiger partial charge is 0.381 e. The maximum Gasteiger partial charge on any atom is 0.143 e. The van der Waals surface area contributed by atoms with Crippen LogP contribution in [-0.2, 0) is 4.79 Å². The molecule has 0 bridgehead atoms. The third-order valence-corrected chi connectivity index (χ3v) is 3.85. The Bertz CT molecular complexity index is 314. The van der Waals surface area contributed by atoms with E-state index in [1.165, 1.54) is 0 Å². The van der Waals surface area contributed by atoms with E-state index in [4.69, 9.17) is 0 Å². The second-order valence-corrected chi connectivity index (χ2v) is 9.42. The molecule has 1 N–H and O–H groups in total. The van der Waals surface area contributed by atoms with Crippen molar-refractivity contribution >= 4 is 13.5 Å². The van der Waals surface area contributed by atoms with E-state index >= 15 is 0 Å². The van der Waals surface area contributed by atoms with Gasteiger partial charge in [0.15, 0.2) is 0 Å². The van der Waals surface area contributed by atoms with Gasteiger partial charge in [0.1, 0.15) is 19.6 Å². The predicted octanol–water partition coefficient (Wildman–Crippen LogP) is 2.17. The molecule has 0 aliphatic rings. The fourth-order valence-electron chi connectivity index (χ4n) is 1.20. The van der Waals surface area contributed by atoms with Crippen molar-refractivity contribution in [1.82, 2.24) is 0 Å². The summed E-state index contributed by atoms with van der Waals surface area (Å²) in [6.45, 7) is 5.84. The molecular weight excluding hydrogens is 192 g/mol. The zero-order valence-corrected chi connectivity index (χ0v) is 9.82. The smallest absolute Gasteiger partial charge is 0.143 e. The summed E-state index contributed by atoms with van der Waals surface area (Å²) in [5.41, 5.74) is 0.694. The fraction of sp³-hybridized carbons (Fsp3) is 0.364. The summed E-state index contributed by atoms with van der Waals surface area (Å²) in [6.07, 6.45) is -0.942. The minimum atomic E-state index is -1.90. The van der Waals surface area contributed by atoms with Crippen molar-refractivity contribution in [3.63, 3.8) is 0 Å². The minimum absolute atomic E-state index is 0.0105. The third-order valence-electron chi connectivity index (χ3n) is 2.10. The van der Waals surface area contributed by atoms with Gasteiger partial charge in [-0.3, -0.25) is 0 Å². The zero-order chi connectivity index (χ0) is 10.8. The lowest BCUT2D eigenvalue weighted by molar-refractivity contribution is -0.120. The number of aliphatic hydroxyl groups excluding tert-OH is 1. The van der Waals surface area contributed by atoms with Crippen molar-refractivity contribution in [2.75, 3.05) is 0 Å². The molecule has 0 spiro atoms. The molecule has 2 nitrogen and oxygen atoms in total. The van der Waals surface area contributed by atoms with Gasteiger partial charge in [0.25, 0.3) is 0 Å². The molecule has 0 saturated heterocycles. The minimum Gasteiger partial charge on any atom is -0.381 e. The van der Waals surface area contributed by atoms with Gasteiger partial charge in [-0.1, -0.05) is 50.0 Å². The second kappa shape index (κ2) is 4.07. The number of benzene rings is 1. The first-order valence-electron chi connectivity index (χ1n) is 4.70. The Balaban J connectivity index is 2.87. The topological polar surface area (TPSA) is 37.3 Å². The Kier molecular flexibility index (Phi) is 3.24. The fourth-order valence-corrected chi connectivity index (χ4v) is 2.18. The molecule has 3 heteroatoms. The molecule has 76 valence electrons. The van der Waals surface area contributed by atoms with E-state index < -0.39 is 14.2 Å². The molecular formula is C11H16O2Si. The monoisotopic (exact) mass is 208 g/mol. The van der Waals surface area contributed by atoms with Crippen molar-refractivity contribution in [3.8, 4) is 0 Å². The molecule has 0 radical (unpaired) electrons. The summed E-state index contributed by atoms with van der Waals surface area (Å²) >= 11 is 0. The summed E-state index contributed by atoms with van der Waals surface area (Å²) in [7, 11) is -1.90. The first-order chi connectivity index (χ1) is 6.43. The Labute approximate surface area is 85.6 Å². The van der Waals surface area contributed by atoms with E-state index in [1.54, 1.807) is 12.1 Å². The van der Waals surface area contributed by atoms with Crippen LogP contribution < -0.4 is 0 Å². The average Bonchev–Trinajstić information content (AvgIpc) is 2.15. The van der Waals surface area contributed by atoms with Gasteiger partial charge in [-0.15, -0.1) is 0 Å². The van der Waals surface area contributed by atoms with E-state index in [2.05, 4.69) is 0 Å². The van der Waals surface area contributed by atoms with Crippen LogP contribution in [-0.4, -0.2) is 18.6 Å². The van der Waals surface area contributed by atoms with Crippen LogP contribution in [0.2, 0.25) is 19.6 Å². The van der Waals surface area contributed by atoms with Gasteiger partial charge in [0.05, 0.1) is 0 Å². The van der Waals surface area contributed by atoms with Crippen molar-refractivity contribution in [3.05, 3.63) is 35.9 Å². The maximum absolute atomic E-state index is 11.8. The summed E-state index contributed by atoms with van der Waals surface area (Å²) in [5.74, 6) is 0. The van der Waals surface area contributed by atoms with Gasteiger partial charge < -0.3 is 9.90 Å². The lowest BCUT2D eigenvalue weighted by Crippen LogP contribution is -2.37. The van der Waals surface area contributed by atoms with Crippen molar-refractivity contribution in [2.45, 2.75) is 25.7 Å². The normalized spacial score (nSPS) is 13.7. The molecule has 1 rings (SSSR count). The molecule has 0 aliphatic carbocycles. The van der Waals surface area contributed by atoms with Crippen LogP contribution >= 0.6 is 0 Å². The molecule has 1 aromatic rings. The second-order valence-electron chi connectivity index (χ2n) is 4.43. The Morgan fingerprint density at radius 2 is 1.71 bits per heavy atom. The van der Waals surface area contributed by atoms with Crippen molar-refractivity contribution < 1.29 is 9.90 Å². The SMILES string of the molecule is C[Si](C)(C)C(=O)[C@@H](O)c1ccccc1. The molecule has 0 heterocycles. The lowest BCUT2D eigenvalue weighted by atomic mass is 10.1. The molecule has 0 unspecified atom stereocenters. The van der Waals surface area contributed by atoms with Gasteiger partial charge in [-0.25, -0.2) is 0 Å². The summed E-state index contributed by atoms with van der Waals surface area (Å²) in [5, 5.41) is 9.80. The third kappa shape index (κ3) is 2.53. The van der Waals surface area contributed by atoms with Crippen molar-refractivity contribution in [2.24, 2.45) is 0 Å². The standard InChI is InChI=1S/C11H16O2Si/c1-14(2,3)11(13)10(12)9-7-5-4-6-8-9/h4-8,10,12H,1-3H3/t10-/m0/s1. The van der Waals surface area contributed by atoms with E-state index in [0.717, 1.165) is 0 Å². The quantitative estimate of drug-likeness (QED) is 0.773. The van der Waals surface area contributed by atoms with Crippen molar-refractivity contribution in [1.29, 1.82) is 0 Å². The Morgan fingerprint density at radius 1 is 1.21 bits per heavy atom. The molecule has 0 amide bonds. The summed E-state index contributed by atoms with van der Waals surface area (Å²) in [4.78, 5) is 11.8. The first-order valence-corrected chi connectivity index (χ1v) is 8.20. The van der Waals surface area contributed by atoms with E-state index in [0.29, 0.717) is 5.56 Å². The highest BCUT2D eigenvalue weighted by Gasteiger charge is 2.30. The predicted molar refractivity (Wildman–Crippen MR) is 59.8 cm³/mol. The number of carbonyl (C=O) groups excluding carboxylic acids is 1. The van der Waals surface area contributed by atoms with Gasteiger partial charge in [-0.2, -0.15) is 0 Å². The number of carbonyl (C=O) groups is 1. The molecule has 1 atom stereocenters. The van der Waals surface area contributed by atoms with Gasteiger partial charge in [-0.05, 0) is 5.56 Å². The van der Waals surface area contributed by atoms with Crippen LogP contribution in [0.25, 0.3) is 0 Å². The molecule has 0 aliphatic heterocycles. The highest BCUT2D eigenvalue weighted by atomic mass is 28.3.